The zero-order chi connectivity index (χ0) is 43.3. The number of hydrogen-bond acceptors (Lipinski definition) is 14. The molecule has 3 rings (SSSR count). The number of nitrogens with two attached hydrogens (primary N) is 1. The van der Waals surface area contributed by atoms with Crippen molar-refractivity contribution in [3.05, 3.63) is 35.4 Å². The van der Waals surface area contributed by atoms with Crippen LogP contribution in [0, 0.1) is 0 Å². The first-order valence-corrected chi connectivity index (χ1v) is 21.2. The lowest BCUT2D eigenvalue weighted by molar-refractivity contribution is -0.386. The van der Waals surface area contributed by atoms with Crippen molar-refractivity contribution in [1.29, 1.82) is 0 Å². The van der Waals surface area contributed by atoms with E-state index in [-0.39, 0.29) is 23.8 Å². The van der Waals surface area contributed by atoms with Crippen molar-refractivity contribution in [2.24, 2.45) is 5.73 Å². The average Bonchev–Trinajstić information content (AvgIpc) is 3.46. The summed E-state index contributed by atoms with van der Waals surface area (Å²) in [6.45, 7) is 4.14. The van der Waals surface area contributed by atoms with Crippen molar-refractivity contribution in [2.75, 3.05) is 23.9 Å². The molecule has 2 aliphatic heterocycles. The van der Waals surface area contributed by atoms with Gasteiger partial charge in [0.25, 0.3) is 0 Å². The first-order valence-electron chi connectivity index (χ1n) is 17.7. The van der Waals surface area contributed by atoms with Crippen LogP contribution >= 0.6 is 33.3 Å². The Bertz CT molecular complexity index is 1770. The molecule has 1 aromatic carbocycles. The maximum Gasteiger partial charge on any atom is 0.327 e. The number of primary amides is 1. The van der Waals surface area contributed by atoms with Gasteiger partial charge in [0, 0.05) is 47.6 Å². The van der Waals surface area contributed by atoms with Gasteiger partial charge in [0.1, 0.15) is 36.3 Å². The molecule has 58 heavy (non-hydrogen) atoms. The largest absolute Gasteiger partial charge is 0.550 e. The Balaban J connectivity index is 2.07. The summed E-state index contributed by atoms with van der Waals surface area (Å²) in [4.78, 5) is 131. The quantitative estimate of drug-likeness (QED) is 0.105. The van der Waals surface area contributed by atoms with Crippen LogP contribution in [0.25, 0.3) is 0 Å². The predicted molar refractivity (Wildman–Crippen MR) is 208 cm³/mol. The fraction of sp³-hybridized carbons (Fsp3) is 0.529. The van der Waals surface area contributed by atoms with Gasteiger partial charge < -0.3 is 63.3 Å². The fourth-order valence-corrected chi connectivity index (χ4v) is 9.30. The van der Waals surface area contributed by atoms with Gasteiger partial charge in [0.2, 0.25) is 47.3 Å². The van der Waals surface area contributed by atoms with Crippen LogP contribution in [0.5, 0.6) is 0 Å². The van der Waals surface area contributed by atoms with Crippen molar-refractivity contribution < 1.29 is 63.9 Å². The standard InChI is InChI=1S/C34H47N9O12S3/c1-16(44)38-22-13-57-58-14-23(33(54)55)42-29(50)20(10-26(47)48)39-25(46)12-37-28(49)19(8-17-4-6-18(11-35)7-5-17)40-31(52)27-34(2,3)56-15-43(27)32(53)21(9-24(36)45)41-30(22)51/h4-7,19-23,27H,8-15,35H2,1-3H3,(H2,36,45)(H,37,49)(H,38,44)(H,39,46)(H,40,52)(H,41,51)(H,42,50)(H,47,48)(H,54,55). The second-order valence-electron chi connectivity index (χ2n) is 13.8. The van der Waals surface area contributed by atoms with Gasteiger partial charge >= 0.3 is 5.97 Å². The van der Waals surface area contributed by atoms with Crippen LogP contribution in [0.4, 0.5) is 0 Å². The molecule has 6 atom stereocenters. The topological polar surface area (TPSA) is 343 Å². The lowest BCUT2D eigenvalue weighted by Gasteiger charge is -2.33. The Hall–Kier alpha value is -5.07. The van der Waals surface area contributed by atoms with E-state index in [4.69, 9.17) is 5.73 Å². The molecule has 2 saturated heterocycles. The number of nitrogens with zero attached hydrogens (tertiary/aromatic N) is 1. The van der Waals surface area contributed by atoms with Crippen LogP contribution < -0.4 is 48.5 Å². The molecule has 0 aliphatic carbocycles. The van der Waals surface area contributed by atoms with Crippen LogP contribution in [0.3, 0.4) is 0 Å². The molecule has 12 N–H and O–H groups in total. The zero-order valence-corrected chi connectivity index (χ0v) is 34.3. The Morgan fingerprint density at radius 1 is 0.879 bits per heavy atom. The Labute approximate surface area is 344 Å². The van der Waals surface area contributed by atoms with Crippen LogP contribution in [0.15, 0.2) is 24.3 Å². The number of nitrogens with one attached hydrogen (secondary N) is 6. The number of amides is 8. The molecule has 24 heteroatoms. The van der Waals surface area contributed by atoms with E-state index in [0.29, 0.717) is 12.1 Å². The first kappa shape index (κ1) is 47.3. The monoisotopic (exact) mass is 869 g/mol. The Morgan fingerprint density at radius 3 is 2.09 bits per heavy atom. The number of hydrogen-bond donors (Lipinski definition) is 9. The third-order valence-electron chi connectivity index (χ3n) is 8.79. The molecule has 6 unspecified atom stereocenters. The average molecular weight is 870 g/mol. The summed E-state index contributed by atoms with van der Waals surface area (Å²) in [5.41, 5.74) is 10.8. The highest BCUT2D eigenvalue weighted by molar-refractivity contribution is 8.76. The molecule has 2 aliphatic rings. The maximum absolute atomic E-state index is 14.2. The van der Waals surface area contributed by atoms with Gasteiger partial charge in [-0.05, 0) is 19.4 Å². The SMILES string of the molecule is CC(=O)NC1CSSCC(C(=O)O)NC(=O)C(CC(=O)[O-])NC(=O)CNC(=O)C(Cc2ccc(C[NH3+])cc2)NC(=O)C2N(CSC2(C)C)C(=O)C(CC(N)=O)NC1=O. The molecule has 0 bridgehead atoms. The number of quaternary nitrogens is 1. The highest BCUT2D eigenvalue weighted by Gasteiger charge is 2.50. The van der Waals surface area contributed by atoms with Crippen molar-refractivity contribution in [3.63, 3.8) is 0 Å². The highest BCUT2D eigenvalue weighted by atomic mass is 33.1. The molecule has 0 spiro atoms. The maximum atomic E-state index is 14.2. The molecule has 0 aromatic heterocycles. The predicted octanol–water partition coefficient (Wildman–Crippen LogP) is -5.29. The number of rotatable bonds is 9. The van der Waals surface area contributed by atoms with E-state index in [0.717, 1.165) is 39.0 Å². The fourth-order valence-electron chi connectivity index (χ4n) is 5.84. The minimum atomic E-state index is -1.83. The van der Waals surface area contributed by atoms with Crippen LogP contribution in [0.2, 0.25) is 0 Å². The number of carbonyl (C=O) groups excluding carboxylic acids is 9. The summed E-state index contributed by atoms with van der Waals surface area (Å²) in [5, 5.41) is 35.5. The summed E-state index contributed by atoms with van der Waals surface area (Å²) < 4.78 is -0.987. The zero-order valence-electron chi connectivity index (χ0n) is 31.8. The van der Waals surface area contributed by atoms with Crippen molar-refractivity contribution >= 4 is 92.5 Å². The third-order valence-corrected chi connectivity index (χ3v) is 12.6. The molecule has 0 saturated carbocycles. The molecular weight excluding hydrogens is 823 g/mol. The lowest BCUT2D eigenvalue weighted by atomic mass is 9.98. The van der Waals surface area contributed by atoms with E-state index >= 15 is 0 Å². The number of carboxylic acids is 2. The van der Waals surface area contributed by atoms with Gasteiger partial charge in [0.15, 0.2) is 0 Å². The second kappa shape index (κ2) is 21.6. The summed E-state index contributed by atoms with van der Waals surface area (Å²) in [5.74, 6) is -11.2. The summed E-state index contributed by atoms with van der Waals surface area (Å²) in [6, 6.07) is -2.12. The highest BCUT2D eigenvalue weighted by Crippen LogP contribution is 2.40. The van der Waals surface area contributed by atoms with Gasteiger partial charge in [-0.15, -0.1) is 11.8 Å². The number of carbonyl (C=O) groups is 10. The number of fused-ring (bicyclic) bond motifs is 1. The molecular formula is C34H47N9O12S3. The number of aliphatic carboxylic acids is 2. The van der Waals surface area contributed by atoms with E-state index in [1.165, 1.54) is 11.8 Å². The van der Waals surface area contributed by atoms with E-state index < -0.39 is 120 Å². The normalized spacial score (nSPS) is 25.5. The van der Waals surface area contributed by atoms with Crippen molar-refractivity contribution in [2.45, 2.75) is 87.6 Å². The van der Waals surface area contributed by atoms with Gasteiger partial charge in [0.05, 0.1) is 25.4 Å². The van der Waals surface area contributed by atoms with E-state index in [1.807, 2.05) is 0 Å². The van der Waals surface area contributed by atoms with Crippen LogP contribution in [-0.2, 0) is 60.9 Å². The van der Waals surface area contributed by atoms with Crippen LogP contribution in [-0.4, -0.2) is 134 Å². The van der Waals surface area contributed by atoms with Crippen LogP contribution in [0.1, 0.15) is 44.7 Å². The number of carboxylic acid groups (broad SMARTS) is 2. The third kappa shape index (κ3) is 14.1. The van der Waals surface area contributed by atoms with Crippen molar-refractivity contribution in [1.82, 2.24) is 36.8 Å². The van der Waals surface area contributed by atoms with E-state index in [2.05, 4.69) is 37.6 Å². The van der Waals surface area contributed by atoms with Gasteiger partial charge in [-0.3, -0.25) is 38.4 Å². The van der Waals surface area contributed by atoms with Crippen molar-refractivity contribution in [3.8, 4) is 0 Å². The Kier molecular flexibility index (Phi) is 17.6. The van der Waals surface area contributed by atoms with E-state index in [9.17, 15) is 58.2 Å². The van der Waals surface area contributed by atoms with Gasteiger partial charge in [-0.1, -0.05) is 45.9 Å². The van der Waals surface area contributed by atoms with E-state index in [1.54, 1.807) is 38.1 Å². The molecule has 2 heterocycles. The Morgan fingerprint density at radius 2 is 1.50 bits per heavy atom. The second-order valence-corrected chi connectivity index (χ2v) is 17.9. The minimum absolute atomic E-state index is 0.0786. The molecule has 8 amide bonds. The van der Waals surface area contributed by atoms with Gasteiger partial charge in [-0.25, -0.2) is 4.79 Å². The molecule has 0 radical (unpaired) electrons. The lowest BCUT2D eigenvalue weighted by Crippen LogP contribution is -2.61. The minimum Gasteiger partial charge on any atom is -0.550 e. The number of benzene rings is 1. The smallest absolute Gasteiger partial charge is 0.327 e. The molecule has 21 nitrogen and oxygen atoms in total. The van der Waals surface area contributed by atoms with Gasteiger partial charge in [-0.2, -0.15) is 0 Å². The molecule has 2 fully saturated rings. The first-order chi connectivity index (χ1) is 27.2. The summed E-state index contributed by atoms with van der Waals surface area (Å²) >= 11 is 1.21. The molecule has 1 aromatic rings. The summed E-state index contributed by atoms with van der Waals surface area (Å²) in [7, 11) is 1.75. The summed E-state index contributed by atoms with van der Waals surface area (Å²) in [6.07, 6.45) is -1.86. The molecule has 318 valence electrons. The number of thioether (sulfide) groups is 1.